The Hall–Kier alpha value is -2.77. The third-order valence-electron chi connectivity index (χ3n) is 4.01. The number of urea groups is 1. The summed E-state index contributed by atoms with van der Waals surface area (Å²) in [5, 5.41) is 2.66. The molecule has 0 bridgehead atoms. The summed E-state index contributed by atoms with van der Waals surface area (Å²) < 4.78 is 4.96. The number of carbonyl (C=O) groups is 3. The standard InChI is InChI=1S/C17H24N4O4/c1-3-25-17(24)21-10-6-8-13(11-21)15(22)19-20-16(23)18-14-9-5-4-7-12(14)2/h4-5,7,9,13H,3,6,8,10-11H2,1-2H3,(H,19,22)(H2,18,20,23)/t13-/m1/s1. The summed E-state index contributed by atoms with van der Waals surface area (Å²) in [6.07, 6.45) is 0.958. The predicted molar refractivity (Wildman–Crippen MR) is 92.8 cm³/mol. The quantitative estimate of drug-likeness (QED) is 0.728. The number of aryl methyl sites for hydroxylation is 1. The van der Waals surface area contributed by atoms with Crippen LogP contribution in [0.2, 0.25) is 0 Å². The maximum Gasteiger partial charge on any atom is 0.409 e. The molecule has 1 aromatic carbocycles. The van der Waals surface area contributed by atoms with E-state index in [2.05, 4.69) is 16.2 Å². The molecule has 25 heavy (non-hydrogen) atoms. The molecule has 1 aliphatic heterocycles. The minimum atomic E-state index is -0.527. The summed E-state index contributed by atoms with van der Waals surface area (Å²) in [7, 11) is 0. The topological polar surface area (TPSA) is 99.8 Å². The smallest absolute Gasteiger partial charge is 0.409 e. The summed E-state index contributed by atoms with van der Waals surface area (Å²) in [6.45, 7) is 4.77. The van der Waals surface area contributed by atoms with Gasteiger partial charge in [-0.25, -0.2) is 15.0 Å². The highest BCUT2D eigenvalue weighted by Gasteiger charge is 2.29. The van der Waals surface area contributed by atoms with Gasteiger partial charge in [0.25, 0.3) is 0 Å². The fourth-order valence-corrected chi connectivity index (χ4v) is 2.66. The van der Waals surface area contributed by atoms with Gasteiger partial charge in [-0.2, -0.15) is 0 Å². The van der Waals surface area contributed by atoms with Crippen LogP contribution in [0.25, 0.3) is 0 Å². The van der Waals surface area contributed by atoms with Crippen LogP contribution in [-0.2, 0) is 9.53 Å². The van der Waals surface area contributed by atoms with Crippen molar-refractivity contribution in [3.63, 3.8) is 0 Å². The van der Waals surface area contributed by atoms with Crippen molar-refractivity contribution >= 4 is 23.7 Å². The molecule has 1 aromatic rings. The van der Waals surface area contributed by atoms with E-state index in [1.807, 2.05) is 25.1 Å². The molecule has 2 rings (SSSR count). The molecule has 1 aliphatic rings. The van der Waals surface area contributed by atoms with Crippen molar-refractivity contribution in [2.24, 2.45) is 5.92 Å². The number of hydrazine groups is 1. The molecule has 0 radical (unpaired) electrons. The van der Waals surface area contributed by atoms with Crippen LogP contribution in [0.4, 0.5) is 15.3 Å². The van der Waals surface area contributed by atoms with Gasteiger partial charge >= 0.3 is 12.1 Å². The first kappa shape index (κ1) is 18.6. The lowest BCUT2D eigenvalue weighted by Crippen LogP contribution is -2.51. The number of hydrogen-bond donors (Lipinski definition) is 3. The van der Waals surface area contributed by atoms with E-state index >= 15 is 0 Å². The second kappa shape index (κ2) is 8.91. The monoisotopic (exact) mass is 348 g/mol. The molecule has 1 heterocycles. The van der Waals surface area contributed by atoms with E-state index in [4.69, 9.17) is 4.74 Å². The Morgan fingerprint density at radius 1 is 1.24 bits per heavy atom. The highest BCUT2D eigenvalue weighted by molar-refractivity contribution is 5.92. The van der Waals surface area contributed by atoms with E-state index in [1.54, 1.807) is 13.0 Å². The Kier molecular flexibility index (Phi) is 6.62. The third kappa shape index (κ3) is 5.37. The minimum absolute atomic E-state index is 0.283. The molecule has 1 atom stereocenters. The Balaban J connectivity index is 1.80. The van der Waals surface area contributed by atoms with E-state index in [0.29, 0.717) is 31.7 Å². The number of para-hydroxylation sites is 1. The van der Waals surface area contributed by atoms with Crippen LogP contribution < -0.4 is 16.2 Å². The maximum absolute atomic E-state index is 12.2. The van der Waals surface area contributed by atoms with Crippen LogP contribution in [0.15, 0.2) is 24.3 Å². The zero-order valence-corrected chi connectivity index (χ0v) is 14.5. The van der Waals surface area contributed by atoms with Crippen molar-refractivity contribution in [3.05, 3.63) is 29.8 Å². The number of likely N-dealkylation sites (tertiary alicyclic amines) is 1. The van der Waals surface area contributed by atoms with Crippen LogP contribution in [0.3, 0.4) is 0 Å². The van der Waals surface area contributed by atoms with E-state index < -0.39 is 12.1 Å². The molecular weight excluding hydrogens is 324 g/mol. The first-order valence-corrected chi connectivity index (χ1v) is 8.35. The van der Waals surface area contributed by atoms with Crippen molar-refractivity contribution < 1.29 is 19.1 Å². The normalized spacial score (nSPS) is 16.7. The van der Waals surface area contributed by atoms with Crippen LogP contribution in [-0.4, -0.2) is 42.6 Å². The zero-order chi connectivity index (χ0) is 18.2. The summed E-state index contributed by atoms with van der Waals surface area (Å²) in [6, 6.07) is 6.81. The lowest BCUT2D eigenvalue weighted by atomic mass is 9.98. The van der Waals surface area contributed by atoms with Gasteiger partial charge in [-0.15, -0.1) is 0 Å². The molecule has 0 unspecified atom stereocenters. The van der Waals surface area contributed by atoms with Crippen LogP contribution in [0.5, 0.6) is 0 Å². The summed E-state index contributed by atoms with van der Waals surface area (Å²) in [4.78, 5) is 37.4. The average molecular weight is 348 g/mol. The van der Waals surface area contributed by atoms with E-state index in [0.717, 1.165) is 5.56 Å². The van der Waals surface area contributed by atoms with Crippen molar-refractivity contribution in [2.75, 3.05) is 25.0 Å². The van der Waals surface area contributed by atoms with Crippen molar-refractivity contribution in [3.8, 4) is 0 Å². The second-order valence-corrected chi connectivity index (χ2v) is 5.87. The molecule has 0 aliphatic carbocycles. The number of ether oxygens (including phenoxy) is 1. The minimum Gasteiger partial charge on any atom is -0.450 e. The van der Waals surface area contributed by atoms with Crippen molar-refractivity contribution in [2.45, 2.75) is 26.7 Å². The first-order chi connectivity index (χ1) is 12.0. The number of rotatable bonds is 3. The molecule has 0 aromatic heterocycles. The highest BCUT2D eigenvalue weighted by Crippen LogP contribution is 2.17. The van der Waals surface area contributed by atoms with Crippen molar-refractivity contribution in [1.82, 2.24) is 15.8 Å². The molecule has 0 saturated carbocycles. The average Bonchev–Trinajstić information content (AvgIpc) is 2.62. The highest BCUT2D eigenvalue weighted by atomic mass is 16.6. The first-order valence-electron chi connectivity index (χ1n) is 8.35. The number of nitrogens with zero attached hydrogens (tertiary/aromatic N) is 1. The number of piperidine rings is 1. The van der Waals surface area contributed by atoms with Crippen molar-refractivity contribution in [1.29, 1.82) is 0 Å². The summed E-state index contributed by atoms with van der Waals surface area (Å²) in [5.41, 5.74) is 6.33. The Morgan fingerprint density at radius 2 is 2.00 bits per heavy atom. The van der Waals surface area contributed by atoms with Crippen LogP contribution in [0, 0.1) is 12.8 Å². The molecule has 1 fully saturated rings. The van der Waals surface area contributed by atoms with Gasteiger partial charge in [0.15, 0.2) is 0 Å². The lowest BCUT2D eigenvalue weighted by Gasteiger charge is -2.31. The molecule has 3 N–H and O–H groups in total. The van der Waals surface area contributed by atoms with E-state index in [1.165, 1.54) is 4.90 Å². The van der Waals surface area contributed by atoms with Gasteiger partial charge in [0.05, 0.1) is 12.5 Å². The van der Waals surface area contributed by atoms with Gasteiger partial charge in [0.2, 0.25) is 5.91 Å². The van der Waals surface area contributed by atoms with Gasteiger partial charge in [-0.05, 0) is 38.3 Å². The largest absolute Gasteiger partial charge is 0.450 e. The second-order valence-electron chi connectivity index (χ2n) is 5.87. The van der Waals surface area contributed by atoms with Crippen LogP contribution >= 0.6 is 0 Å². The number of benzene rings is 1. The fourth-order valence-electron chi connectivity index (χ4n) is 2.66. The molecular formula is C17H24N4O4. The zero-order valence-electron chi connectivity index (χ0n) is 14.5. The predicted octanol–water partition coefficient (Wildman–Crippen LogP) is 2.02. The van der Waals surface area contributed by atoms with Gasteiger partial charge < -0.3 is 15.0 Å². The molecule has 1 saturated heterocycles. The molecule has 0 spiro atoms. The lowest BCUT2D eigenvalue weighted by molar-refractivity contribution is -0.127. The van der Waals surface area contributed by atoms with Gasteiger partial charge in [0.1, 0.15) is 0 Å². The number of hydrogen-bond acceptors (Lipinski definition) is 4. The number of carbonyl (C=O) groups excluding carboxylic acids is 3. The van der Waals surface area contributed by atoms with Crippen LogP contribution in [0.1, 0.15) is 25.3 Å². The Morgan fingerprint density at radius 3 is 2.72 bits per heavy atom. The number of amides is 4. The summed E-state index contributed by atoms with van der Waals surface area (Å²) in [5.74, 6) is -0.703. The maximum atomic E-state index is 12.2. The van der Waals surface area contributed by atoms with E-state index in [9.17, 15) is 14.4 Å². The van der Waals surface area contributed by atoms with Gasteiger partial charge in [-0.3, -0.25) is 10.2 Å². The molecule has 136 valence electrons. The van der Waals surface area contributed by atoms with E-state index in [-0.39, 0.29) is 18.4 Å². The van der Waals surface area contributed by atoms with Gasteiger partial charge in [-0.1, -0.05) is 18.2 Å². The summed E-state index contributed by atoms with van der Waals surface area (Å²) >= 11 is 0. The molecule has 4 amide bonds. The number of nitrogens with one attached hydrogen (secondary N) is 3. The Bertz CT molecular complexity index is 635. The Labute approximate surface area is 146 Å². The molecule has 8 heteroatoms. The SMILES string of the molecule is CCOC(=O)N1CCC[C@@H](C(=O)NNC(=O)Nc2ccccc2C)C1. The fraction of sp³-hybridized carbons (Fsp3) is 0.471. The number of anilines is 1. The third-order valence-corrected chi connectivity index (χ3v) is 4.01. The molecule has 8 nitrogen and oxygen atoms in total. The van der Waals surface area contributed by atoms with Gasteiger partial charge in [0, 0.05) is 18.8 Å².